The van der Waals surface area contributed by atoms with E-state index in [9.17, 15) is 9.59 Å². The molecular formula is C20H14F2O4. The van der Waals surface area contributed by atoms with E-state index in [1.165, 1.54) is 66.8 Å². The molecule has 0 saturated heterocycles. The molecule has 0 amide bonds. The first kappa shape index (κ1) is 17.5. The third-order valence-electron chi connectivity index (χ3n) is 4.46. The summed E-state index contributed by atoms with van der Waals surface area (Å²) in [6.45, 7) is 0. The number of halogens is 2. The smallest absolute Gasteiger partial charge is 0.335 e. The summed E-state index contributed by atoms with van der Waals surface area (Å²) in [5.74, 6) is -5.60. The summed E-state index contributed by atoms with van der Waals surface area (Å²) >= 11 is 0. The van der Waals surface area contributed by atoms with Crippen LogP contribution in [-0.2, 0) is 5.41 Å². The monoisotopic (exact) mass is 356 g/mol. The van der Waals surface area contributed by atoms with Crippen molar-refractivity contribution in [2.75, 3.05) is 0 Å². The van der Waals surface area contributed by atoms with Crippen LogP contribution < -0.4 is 0 Å². The summed E-state index contributed by atoms with van der Waals surface area (Å²) in [6, 6.07) is 10.5. The number of aromatic carboxylic acids is 2. The second kappa shape index (κ2) is 6.22. The first-order valence-electron chi connectivity index (χ1n) is 7.70. The maximum absolute atomic E-state index is 15.0. The number of carbonyl (C=O) groups is 2. The van der Waals surface area contributed by atoms with Crippen molar-refractivity contribution >= 4 is 11.9 Å². The predicted octanol–water partition coefficient (Wildman–Crippen LogP) is 4.13. The van der Waals surface area contributed by atoms with Gasteiger partial charge >= 0.3 is 11.9 Å². The third kappa shape index (κ3) is 2.69. The van der Waals surface area contributed by atoms with Crippen LogP contribution in [0.25, 0.3) is 0 Å². The first-order valence-corrected chi connectivity index (χ1v) is 7.70. The number of carboxylic acids is 2. The minimum Gasteiger partial charge on any atom is -0.478 e. The van der Waals surface area contributed by atoms with E-state index in [4.69, 9.17) is 10.2 Å². The Bertz CT molecular complexity index is 852. The van der Waals surface area contributed by atoms with Gasteiger partial charge in [0.2, 0.25) is 0 Å². The van der Waals surface area contributed by atoms with Crippen LogP contribution in [0.3, 0.4) is 0 Å². The Balaban J connectivity index is 2.21. The van der Waals surface area contributed by atoms with Crippen molar-refractivity contribution in [1.82, 2.24) is 0 Å². The van der Waals surface area contributed by atoms with Crippen molar-refractivity contribution < 1.29 is 28.6 Å². The van der Waals surface area contributed by atoms with Gasteiger partial charge in [-0.15, -0.1) is 0 Å². The Labute approximate surface area is 147 Å². The highest BCUT2D eigenvalue weighted by Gasteiger charge is 2.53. The van der Waals surface area contributed by atoms with E-state index in [0.717, 1.165) is 6.08 Å². The van der Waals surface area contributed by atoms with Crippen LogP contribution in [-0.4, -0.2) is 28.1 Å². The minimum atomic E-state index is -3.29. The molecule has 0 radical (unpaired) electrons. The van der Waals surface area contributed by atoms with Gasteiger partial charge in [0.1, 0.15) is 5.41 Å². The van der Waals surface area contributed by atoms with Crippen LogP contribution >= 0.6 is 0 Å². The molecule has 0 heterocycles. The van der Waals surface area contributed by atoms with Crippen LogP contribution in [0.15, 0.2) is 72.8 Å². The fourth-order valence-corrected chi connectivity index (χ4v) is 3.11. The van der Waals surface area contributed by atoms with Gasteiger partial charge < -0.3 is 10.2 Å². The van der Waals surface area contributed by atoms with Gasteiger partial charge in [-0.2, -0.15) is 0 Å². The van der Waals surface area contributed by atoms with Gasteiger partial charge in [-0.25, -0.2) is 18.4 Å². The summed E-state index contributed by atoms with van der Waals surface area (Å²) in [6.07, 6.45) is 4.87. The molecular weight excluding hydrogens is 342 g/mol. The van der Waals surface area contributed by atoms with Crippen LogP contribution in [0.5, 0.6) is 0 Å². The molecule has 0 spiro atoms. The zero-order valence-electron chi connectivity index (χ0n) is 13.4. The average Bonchev–Trinajstić information content (AvgIpc) is 2.62. The Hall–Kier alpha value is -3.28. The molecule has 0 aromatic heterocycles. The standard InChI is InChI=1S/C20H14F2O4/c21-20(22)12-2-1-11-19(20,15-7-3-13(4-8-15)17(23)24)16-9-5-14(6-10-16)18(25)26/h1-12H,(H,23,24)(H,25,26). The summed E-state index contributed by atoms with van der Waals surface area (Å²) in [4.78, 5) is 22.1. The van der Waals surface area contributed by atoms with Crippen LogP contribution in [0.2, 0.25) is 0 Å². The van der Waals surface area contributed by atoms with Crippen LogP contribution in [0.4, 0.5) is 8.78 Å². The van der Waals surface area contributed by atoms with Crippen molar-refractivity contribution in [2.24, 2.45) is 0 Å². The molecule has 0 atom stereocenters. The first-order chi connectivity index (χ1) is 12.3. The van der Waals surface area contributed by atoms with Gasteiger partial charge in [0.15, 0.2) is 0 Å². The molecule has 0 aliphatic heterocycles. The fraction of sp³-hybridized carbons (Fsp3) is 0.100. The lowest BCUT2D eigenvalue weighted by Crippen LogP contribution is -2.44. The molecule has 0 unspecified atom stereocenters. The van der Waals surface area contributed by atoms with E-state index in [1.54, 1.807) is 0 Å². The Morgan fingerprint density at radius 2 is 1.08 bits per heavy atom. The fourth-order valence-electron chi connectivity index (χ4n) is 3.11. The highest BCUT2D eigenvalue weighted by molar-refractivity contribution is 5.88. The number of allylic oxidation sites excluding steroid dienone is 4. The van der Waals surface area contributed by atoms with E-state index in [1.807, 2.05) is 0 Å². The number of hydrogen-bond acceptors (Lipinski definition) is 2. The third-order valence-corrected chi connectivity index (χ3v) is 4.46. The molecule has 0 fully saturated rings. The van der Waals surface area contributed by atoms with Crippen molar-refractivity contribution in [3.63, 3.8) is 0 Å². The number of rotatable bonds is 4. The van der Waals surface area contributed by atoms with Gasteiger partial charge in [0, 0.05) is 0 Å². The molecule has 1 aliphatic rings. The van der Waals surface area contributed by atoms with E-state index in [2.05, 4.69) is 0 Å². The molecule has 26 heavy (non-hydrogen) atoms. The average molecular weight is 356 g/mol. The van der Waals surface area contributed by atoms with E-state index >= 15 is 8.78 Å². The SMILES string of the molecule is O=C(O)c1ccc(C2(c3ccc(C(=O)O)cc3)C=CC=CC2(F)F)cc1. The summed E-state index contributed by atoms with van der Waals surface area (Å²) < 4.78 is 30.1. The number of hydrogen-bond donors (Lipinski definition) is 2. The van der Waals surface area contributed by atoms with Gasteiger partial charge in [-0.3, -0.25) is 0 Å². The topological polar surface area (TPSA) is 74.6 Å². The minimum absolute atomic E-state index is 0.0104. The van der Waals surface area contributed by atoms with Gasteiger partial charge in [-0.05, 0) is 41.5 Å². The molecule has 2 N–H and O–H groups in total. The Kier molecular flexibility index (Phi) is 4.20. The predicted molar refractivity (Wildman–Crippen MR) is 90.8 cm³/mol. The summed E-state index contributed by atoms with van der Waals surface area (Å²) in [5, 5.41) is 18.0. The normalized spacial score (nSPS) is 17.0. The molecule has 6 heteroatoms. The van der Waals surface area contributed by atoms with E-state index in [-0.39, 0.29) is 22.3 Å². The molecule has 2 aromatic carbocycles. The lowest BCUT2D eigenvalue weighted by Gasteiger charge is -2.39. The maximum atomic E-state index is 15.0. The summed E-state index contributed by atoms with van der Waals surface area (Å²) in [7, 11) is 0. The zero-order chi connectivity index (χ0) is 18.9. The molecule has 3 rings (SSSR count). The molecule has 0 bridgehead atoms. The Morgan fingerprint density at radius 1 is 0.692 bits per heavy atom. The number of alkyl halides is 2. The quantitative estimate of drug-likeness (QED) is 0.864. The van der Waals surface area contributed by atoms with E-state index < -0.39 is 23.3 Å². The van der Waals surface area contributed by atoms with Crippen molar-refractivity contribution in [3.8, 4) is 0 Å². The van der Waals surface area contributed by atoms with Crippen molar-refractivity contribution in [2.45, 2.75) is 11.3 Å². The highest BCUT2D eigenvalue weighted by atomic mass is 19.3. The largest absolute Gasteiger partial charge is 0.478 e. The molecule has 0 saturated carbocycles. The van der Waals surface area contributed by atoms with E-state index in [0.29, 0.717) is 0 Å². The number of carboxylic acid groups (broad SMARTS) is 2. The van der Waals surface area contributed by atoms with Crippen LogP contribution in [0, 0.1) is 0 Å². The second-order valence-corrected chi connectivity index (χ2v) is 5.91. The van der Waals surface area contributed by atoms with Crippen molar-refractivity contribution in [3.05, 3.63) is 95.1 Å². The summed E-state index contributed by atoms with van der Waals surface area (Å²) in [5.41, 5.74) is -1.48. The molecule has 1 aliphatic carbocycles. The second-order valence-electron chi connectivity index (χ2n) is 5.91. The highest BCUT2D eigenvalue weighted by Crippen LogP contribution is 2.49. The van der Waals surface area contributed by atoms with Gasteiger partial charge in [-0.1, -0.05) is 42.5 Å². The lowest BCUT2D eigenvalue weighted by atomic mass is 9.67. The molecule has 4 nitrogen and oxygen atoms in total. The van der Waals surface area contributed by atoms with Crippen LogP contribution in [0.1, 0.15) is 31.8 Å². The molecule has 132 valence electrons. The Morgan fingerprint density at radius 3 is 1.42 bits per heavy atom. The van der Waals surface area contributed by atoms with Crippen molar-refractivity contribution in [1.29, 1.82) is 0 Å². The van der Waals surface area contributed by atoms with Gasteiger partial charge in [0.05, 0.1) is 11.1 Å². The maximum Gasteiger partial charge on any atom is 0.335 e. The zero-order valence-corrected chi connectivity index (χ0v) is 13.4. The lowest BCUT2D eigenvalue weighted by molar-refractivity contribution is 0.00440. The molecule has 2 aromatic rings. The van der Waals surface area contributed by atoms with Gasteiger partial charge in [0.25, 0.3) is 5.92 Å². The number of benzene rings is 2.